The summed E-state index contributed by atoms with van der Waals surface area (Å²) in [5, 5.41) is 9.40. The third-order valence-electron chi connectivity index (χ3n) is 3.95. The van der Waals surface area contributed by atoms with Gasteiger partial charge in [0.2, 0.25) is 0 Å². The van der Waals surface area contributed by atoms with Gasteiger partial charge in [-0.15, -0.1) is 0 Å². The summed E-state index contributed by atoms with van der Waals surface area (Å²) < 4.78 is 0. The minimum absolute atomic E-state index is 0.476. The van der Waals surface area contributed by atoms with Crippen molar-refractivity contribution in [1.29, 1.82) is 0 Å². The Labute approximate surface area is 85.1 Å². The van der Waals surface area contributed by atoms with Crippen molar-refractivity contribution in [3.8, 4) is 0 Å². The second kappa shape index (κ2) is 3.54. The molecule has 1 aliphatic carbocycles. The second-order valence-corrected chi connectivity index (χ2v) is 4.73. The van der Waals surface area contributed by atoms with Gasteiger partial charge in [0.05, 0.1) is 0 Å². The van der Waals surface area contributed by atoms with E-state index in [2.05, 4.69) is 11.8 Å². The van der Waals surface area contributed by atoms with Crippen LogP contribution in [-0.4, -0.2) is 34.1 Å². The lowest BCUT2D eigenvalue weighted by Crippen LogP contribution is -2.64. The van der Waals surface area contributed by atoms with Gasteiger partial charge >= 0.3 is 5.97 Å². The van der Waals surface area contributed by atoms with Gasteiger partial charge in [-0.1, -0.05) is 19.3 Å². The van der Waals surface area contributed by atoms with Crippen molar-refractivity contribution < 1.29 is 9.90 Å². The molecule has 2 fully saturated rings. The van der Waals surface area contributed by atoms with Crippen molar-refractivity contribution in [3.63, 3.8) is 0 Å². The highest BCUT2D eigenvalue weighted by Crippen LogP contribution is 2.39. The minimum atomic E-state index is -0.594. The fraction of sp³-hybridized carbons (Fsp3) is 0.909. The molecule has 0 aromatic heterocycles. The van der Waals surface area contributed by atoms with Gasteiger partial charge in [-0.25, -0.2) is 0 Å². The highest BCUT2D eigenvalue weighted by atomic mass is 16.4. The van der Waals surface area contributed by atoms with E-state index in [-0.39, 0.29) is 0 Å². The van der Waals surface area contributed by atoms with Gasteiger partial charge in [0, 0.05) is 12.6 Å². The largest absolute Gasteiger partial charge is 0.480 e. The van der Waals surface area contributed by atoms with Crippen molar-refractivity contribution in [2.45, 2.75) is 57.0 Å². The molecule has 1 saturated heterocycles. The molecule has 0 bridgehead atoms. The first-order valence-electron chi connectivity index (χ1n) is 5.67. The van der Waals surface area contributed by atoms with Gasteiger partial charge in [0.25, 0.3) is 0 Å². The van der Waals surface area contributed by atoms with E-state index in [1.165, 1.54) is 6.42 Å². The number of carbonyl (C=O) groups is 1. The molecule has 0 spiro atoms. The molecule has 0 aromatic carbocycles. The number of rotatable bonds is 2. The highest BCUT2D eigenvalue weighted by molar-refractivity contribution is 5.79. The smallest absolute Gasteiger partial charge is 0.324 e. The van der Waals surface area contributed by atoms with Crippen molar-refractivity contribution in [3.05, 3.63) is 0 Å². The zero-order valence-electron chi connectivity index (χ0n) is 8.83. The highest BCUT2D eigenvalue weighted by Gasteiger charge is 2.49. The molecule has 2 rings (SSSR count). The van der Waals surface area contributed by atoms with Gasteiger partial charge in [-0.2, -0.15) is 0 Å². The van der Waals surface area contributed by atoms with E-state index in [9.17, 15) is 9.90 Å². The lowest BCUT2D eigenvalue weighted by molar-refractivity contribution is -0.161. The summed E-state index contributed by atoms with van der Waals surface area (Å²) in [5.41, 5.74) is -0.504. The predicted octanol–water partition coefficient (Wildman–Crippen LogP) is 1.87. The maximum atomic E-state index is 11.4. The quantitative estimate of drug-likeness (QED) is 0.734. The molecule has 1 saturated carbocycles. The molecule has 14 heavy (non-hydrogen) atoms. The molecule has 1 heterocycles. The minimum Gasteiger partial charge on any atom is -0.480 e. The van der Waals surface area contributed by atoms with Gasteiger partial charge < -0.3 is 5.11 Å². The average Bonchev–Trinajstić information content (AvgIpc) is 2.17. The summed E-state index contributed by atoms with van der Waals surface area (Å²) in [6, 6.07) is 0.476. The zero-order valence-corrected chi connectivity index (χ0v) is 8.83. The van der Waals surface area contributed by atoms with E-state index in [4.69, 9.17) is 0 Å². The fourth-order valence-electron chi connectivity index (χ4n) is 2.91. The van der Waals surface area contributed by atoms with Gasteiger partial charge in [-0.3, -0.25) is 9.69 Å². The van der Waals surface area contributed by atoms with Crippen LogP contribution >= 0.6 is 0 Å². The zero-order chi connectivity index (χ0) is 10.2. The van der Waals surface area contributed by atoms with Crippen molar-refractivity contribution in [1.82, 2.24) is 4.90 Å². The summed E-state index contributed by atoms with van der Waals surface area (Å²) in [6.07, 6.45) is 6.23. The topological polar surface area (TPSA) is 40.5 Å². The van der Waals surface area contributed by atoms with Crippen LogP contribution in [0.25, 0.3) is 0 Å². The number of aliphatic carboxylic acids is 1. The average molecular weight is 197 g/mol. The maximum absolute atomic E-state index is 11.4. The Morgan fingerprint density at radius 3 is 2.36 bits per heavy atom. The Balaban J connectivity index is 2.16. The van der Waals surface area contributed by atoms with Crippen LogP contribution in [0, 0.1) is 0 Å². The molecule has 0 radical (unpaired) electrons. The normalized spacial score (nSPS) is 32.2. The molecule has 3 heteroatoms. The van der Waals surface area contributed by atoms with E-state index in [0.717, 1.165) is 38.6 Å². The Morgan fingerprint density at radius 1 is 1.36 bits per heavy atom. The summed E-state index contributed by atoms with van der Waals surface area (Å²) >= 11 is 0. The Kier molecular flexibility index (Phi) is 2.52. The van der Waals surface area contributed by atoms with Gasteiger partial charge in [-0.05, 0) is 26.2 Å². The van der Waals surface area contributed by atoms with Crippen LogP contribution in [0.2, 0.25) is 0 Å². The molecule has 0 amide bonds. The van der Waals surface area contributed by atoms with Crippen LogP contribution in [0.4, 0.5) is 0 Å². The van der Waals surface area contributed by atoms with Crippen LogP contribution in [0.1, 0.15) is 45.4 Å². The van der Waals surface area contributed by atoms with Crippen LogP contribution in [0.5, 0.6) is 0 Å². The first-order valence-corrected chi connectivity index (χ1v) is 5.67. The molecule has 2 aliphatic rings. The van der Waals surface area contributed by atoms with Gasteiger partial charge in [0.15, 0.2) is 0 Å². The van der Waals surface area contributed by atoms with Crippen LogP contribution in [0.3, 0.4) is 0 Å². The molecule has 1 atom stereocenters. The monoisotopic (exact) mass is 197 g/mol. The SMILES string of the molecule is CC1CCN1C1(C(=O)O)CCCCC1. The van der Waals surface area contributed by atoms with E-state index in [1.54, 1.807) is 0 Å². The Bertz CT molecular complexity index is 233. The lowest BCUT2D eigenvalue weighted by Gasteiger charge is -2.52. The number of hydrogen-bond acceptors (Lipinski definition) is 2. The van der Waals surface area contributed by atoms with Crippen molar-refractivity contribution >= 4 is 5.97 Å². The molecule has 0 aromatic rings. The van der Waals surface area contributed by atoms with Crippen LogP contribution in [0.15, 0.2) is 0 Å². The summed E-state index contributed by atoms with van der Waals surface area (Å²) in [5.74, 6) is -0.594. The molecule has 1 aliphatic heterocycles. The molecular formula is C11H19NO2. The number of likely N-dealkylation sites (tertiary alicyclic amines) is 1. The third kappa shape index (κ3) is 1.34. The fourth-order valence-corrected chi connectivity index (χ4v) is 2.91. The maximum Gasteiger partial charge on any atom is 0.324 e. The molecule has 3 nitrogen and oxygen atoms in total. The summed E-state index contributed by atoms with van der Waals surface area (Å²) in [6.45, 7) is 3.12. The molecule has 1 N–H and O–H groups in total. The molecular weight excluding hydrogens is 178 g/mol. The molecule has 1 unspecified atom stereocenters. The van der Waals surface area contributed by atoms with E-state index < -0.39 is 11.5 Å². The number of carboxylic acids is 1. The van der Waals surface area contributed by atoms with Gasteiger partial charge in [0.1, 0.15) is 5.54 Å². The van der Waals surface area contributed by atoms with Crippen LogP contribution in [-0.2, 0) is 4.79 Å². The first-order chi connectivity index (χ1) is 6.67. The van der Waals surface area contributed by atoms with E-state index in [1.807, 2.05) is 0 Å². The standard InChI is InChI=1S/C11H19NO2/c1-9-5-8-12(9)11(10(13)14)6-3-2-4-7-11/h9H,2-8H2,1H3,(H,13,14). The van der Waals surface area contributed by atoms with Crippen molar-refractivity contribution in [2.24, 2.45) is 0 Å². The summed E-state index contributed by atoms with van der Waals surface area (Å²) in [7, 11) is 0. The number of carboxylic acid groups (broad SMARTS) is 1. The summed E-state index contributed by atoms with van der Waals surface area (Å²) in [4.78, 5) is 13.6. The van der Waals surface area contributed by atoms with Crippen LogP contribution < -0.4 is 0 Å². The van der Waals surface area contributed by atoms with E-state index in [0.29, 0.717) is 6.04 Å². The Morgan fingerprint density at radius 2 is 2.00 bits per heavy atom. The first kappa shape index (κ1) is 9.97. The van der Waals surface area contributed by atoms with E-state index >= 15 is 0 Å². The third-order valence-corrected chi connectivity index (χ3v) is 3.95. The Hall–Kier alpha value is -0.570. The predicted molar refractivity (Wildman–Crippen MR) is 54.2 cm³/mol. The number of nitrogens with zero attached hydrogens (tertiary/aromatic N) is 1. The molecule has 80 valence electrons. The lowest BCUT2D eigenvalue weighted by atomic mass is 9.77. The number of hydrogen-bond donors (Lipinski definition) is 1. The second-order valence-electron chi connectivity index (χ2n) is 4.73. The van der Waals surface area contributed by atoms with Crippen molar-refractivity contribution in [2.75, 3.05) is 6.54 Å².